The largest absolute Gasteiger partial charge is 0.461 e. The summed E-state index contributed by atoms with van der Waals surface area (Å²) in [4.78, 5) is 2.17. The zero-order valence-electron chi connectivity index (χ0n) is 17.7. The molecule has 4 heteroatoms. The summed E-state index contributed by atoms with van der Waals surface area (Å²) in [6.45, 7) is 10.0. The number of rotatable bonds is 6. The highest BCUT2D eigenvalue weighted by Crippen LogP contribution is 2.41. The predicted molar refractivity (Wildman–Crippen MR) is 113 cm³/mol. The van der Waals surface area contributed by atoms with Crippen molar-refractivity contribution in [3.8, 4) is 17.4 Å². The van der Waals surface area contributed by atoms with Crippen LogP contribution < -0.4 is 0 Å². The highest BCUT2D eigenvalue weighted by molar-refractivity contribution is 5.57. The van der Waals surface area contributed by atoms with Gasteiger partial charge in [-0.1, -0.05) is 51.5 Å². The summed E-state index contributed by atoms with van der Waals surface area (Å²) in [5, 5.41) is 9.11. The molecule has 28 heavy (non-hydrogen) atoms. The van der Waals surface area contributed by atoms with Crippen LogP contribution in [0.15, 0.2) is 40.8 Å². The molecule has 1 aromatic carbocycles. The van der Waals surface area contributed by atoms with Crippen LogP contribution in [0.5, 0.6) is 0 Å². The maximum absolute atomic E-state index is 14.9. The lowest BCUT2D eigenvalue weighted by molar-refractivity contribution is -0.000315. The first kappa shape index (κ1) is 22.2. The Morgan fingerprint density at radius 3 is 2.46 bits per heavy atom. The van der Waals surface area contributed by atoms with E-state index in [1.54, 1.807) is 0 Å². The molecule has 2 heterocycles. The van der Waals surface area contributed by atoms with Crippen molar-refractivity contribution < 1.29 is 8.81 Å². The molecule has 1 aliphatic heterocycles. The van der Waals surface area contributed by atoms with E-state index in [1.165, 1.54) is 5.56 Å². The number of benzene rings is 1. The number of piperidine rings is 1. The van der Waals surface area contributed by atoms with Gasteiger partial charge in [0.05, 0.1) is 6.07 Å². The van der Waals surface area contributed by atoms with Crippen molar-refractivity contribution in [2.24, 2.45) is 5.41 Å². The summed E-state index contributed by atoms with van der Waals surface area (Å²) in [5.74, 6) is 1.77. The Balaban J connectivity index is 0.00000136. The second-order valence-corrected chi connectivity index (χ2v) is 7.51. The molecule has 2 aromatic rings. The Morgan fingerprint density at radius 1 is 1.21 bits per heavy atom. The molecule has 0 amide bonds. The number of furan rings is 1. The molecule has 0 bridgehead atoms. The summed E-state index contributed by atoms with van der Waals surface area (Å²) in [6.07, 6.45) is 1.89. The van der Waals surface area contributed by atoms with E-state index in [2.05, 4.69) is 42.2 Å². The number of likely N-dealkylation sites (tertiary alicyclic amines) is 1. The highest BCUT2D eigenvalue weighted by atomic mass is 19.1. The minimum absolute atomic E-state index is 0.326. The molecule has 0 radical (unpaired) electrons. The highest BCUT2D eigenvalue weighted by Gasteiger charge is 2.42. The van der Waals surface area contributed by atoms with E-state index in [0.29, 0.717) is 13.0 Å². The van der Waals surface area contributed by atoms with E-state index in [1.807, 2.05) is 32.9 Å². The van der Waals surface area contributed by atoms with Gasteiger partial charge < -0.3 is 4.42 Å². The van der Waals surface area contributed by atoms with E-state index in [4.69, 9.17) is 9.68 Å². The van der Waals surface area contributed by atoms with Crippen LogP contribution in [0.1, 0.15) is 57.8 Å². The van der Waals surface area contributed by atoms with Crippen molar-refractivity contribution in [2.75, 3.05) is 13.1 Å². The molecule has 3 nitrogen and oxygen atoms in total. The average Bonchev–Trinajstić information content (AvgIpc) is 3.14. The van der Waals surface area contributed by atoms with Gasteiger partial charge in [0, 0.05) is 30.5 Å². The molecular formula is C24H33FN2O. The molecule has 0 aliphatic carbocycles. The van der Waals surface area contributed by atoms with Crippen molar-refractivity contribution >= 4 is 0 Å². The SMILES string of the molecule is CC.CCCC1(CC#N)CCN(Cc2ccc(-c3ccc(C)o3)cc2)CC1F. The lowest BCUT2D eigenvalue weighted by atomic mass is 9.71. The Labute approximate surface area is 169 Å². The fourth-order valence-electron chi connectivity index (χ4n) is 4.04. The van der Waals surface area contributed by atoms with E-state index >= 15 is 0 Å². The normalized spacial score (nSPS) is 22.2. The lowest BCUT2D eigenvalue weighted by Crippen LogP contribution is -2.48. The van der Waals surface area contributed by atoms with Crippen molar-refractivity contribution in [3.05, 3.63) is 47.7 Å². The molecule has 1 aromatic heterocycles. The van der Waals surface area contributed by atoms with Crippen LogP contribution in [0.2, 0.25) is 0 Å². The van der Waals surface area contributed by atoms with E-state index in [-0.39, 0.29) is 0 Å². The standard InChI is InChI=1S/C22H27FN2O.C2H6/c1-3-10-22(11-13-24)12-14-25(16-21(22)23)15-18-5-7-19(8-6-18)20-9-4-17(2)26-20;1-2/h4-9,21H,3,10-12,14-16H2,1-2H3;1-2H3. The summed E-state index contributed by atoms with van der Waals surface area (Å²) >= 11 is 0. The van der Waals surface area contributed by atoms with Gasteiger partial charge in [-0.05, 0) is 44.0 Å². The molecule has 0 N–H and O–H groups in total. The van der Waals surface area contributed by atoms with Gasteiger partial charge in [-0.25, -0.2) is 4.39 Å². The number of hydrogen-bond acceptors (Lipinski definition) is 3. The zero-order chi connectivity index (χ0) is 20.6. The summed E-state index contributed by atoms with van der Waals surface area (Å²) in [6, 6.07) is 14.4. The van der Waals surface area contributed by atoms with Crippen LogP contribution in [-0.2, 0) is 6.54 Å². The number of alkyl halides is 1. The Hall–Kier alpha value is -2.12. The van der Waals surface area contributed by atoms with Crippen LogP contribution in [0.4, 0.5) is 4.39 Å². The minimum Gasteiger partial charge on any atom is -0.461 e. The van der Waals surface area contributed by atoms with Crippen molar-refractivity contribution in [3.63, 3.8) is 0 Å². The summed E-state index contributed by atoms with van der Waals surface area (Å²) < 4.78 is 20.6. The maximum atomic E-state index is 14.9. The van der Waals surface area contributed by atoms with Crippen molar-refractivity contribution in [1.29, 1.82) is 5.26 Å². The first-order chi connectivity index (χ1) is 13.6. The summed E-state index contributed by atoms with van der Waals surface area (Å²) in [7, 11) is 0. The molecule has 2 unspecified atom stereocenters. The third-order valence-electron chi connectivity index (χ3n) is 5.57. The Kier molecular flexibility index (Phi) is 8.26. The molecule has 3 rings (SSSR count). The average molecular weight is 385 g/mol. The smallest absolute Gasteiger partial charge is 0.134 e. The second-order valence-electron chi connectivity index (χ2n) is 7.51. The number of halogens is 1. The Bertz CT molecular complexity index is 762. The lowest BCUT2D eigenvalue weighted by Gasteiger charge is -2.43. The molecule has 1 aliphatic rings. The van der Waals surface area contributed by atoms with Crippen LogP contribution in [-0.4, -0.2) is 24.2 Å². The third-order valence-corrected chi connectivity index (χ3v) is 5.57. The molecule has 152 valence electrons. The van der Waals surface area contributed by atoms with Crippen LogP contribution in [0, 0.1) is 23.7 Å². The first-order valence-electron chi connectivity index (χ1n) is 10.5. The van der Waals surface area contributed by atoms with Gasteiger partial charge in [0.1, 0.15) is 17.7 Å². The van der Waals surface area contributed by atoms with Gasteiger partial charge in [-0.3, -0.25) is 4.90 Å². The van der Waals surface area contributed by atoms with Gasteiger partial charge in [0.25, 0.3) is 0 Å². The van der Waals surface area contributed by atoms with Crippen molar-refractivity contribution in [2.45, 2.75) is 66.1 Å². The van der Waals surface area contributed by atoms with E-state index in [0.717, 1.165) is 49.4 Å². The fourth-order valence-corrected chi connectivity index (χ4v) is 4.04. The molecule has 0 spiro atoms. The molecular weight excluding hydrogens is 351 g/mol. The van der Waals surface area contributed by atoms with Gasteiger partial charge in [-0.2, -0.15) is 5.26 Å². The Morgan fingerprint density at radius 2 is 1.93 bits per heavy atom. The third kappa shape index (κ3) is 5.23. The molecule has 2 atom stereocenters. The quantitative estimate of drug-likeness (QED) is 0.569. The van der Waals surface area contributed by atoms with E-state index in [9.17, 15) is 4.39 Å². The van der Waals surface area contributed by atoms with Crippen LogP contribution >= 0.6 is 0 Å². The molecule has 1 saturated heterocycles. The predicted octanol–water partition coefficient (Wildman–Crippen LogP) is 6.53. The van der Waals surface area contributed by atoms with Gasteiger partial charge in [0.15, 0.2) is 0 Å². The van der Waals surface area contributed by atoms with Gasteiger partial charge >= 0.3 is 0 Å². The summed E-state index contributed by atoms with van der Waals surface area (Å²) in [5.41, 5.74) is 1.79. The molecule has 0 saturated carbocycles. The second kappa shape index (κ2) is 10.4. The minimum atomic E-state index is -0.929. The van der Waals surface area contributed by atoms with Gasteiger partial charge in [-0.15, -0.1) is 0 Å². The van der Waals surface area contributed by atoms with Crippen LogP contribution in [0.25, 0.3) is 11.3 Å². The fraction of sp³-hybridized carbons (Fsp3) is 0.542. The van der Waals surface area contributed by atoms with E-state index < -0.39 is 11.6 Å². The number of hydrogen-bond donors (Lipinski definition) is 0. The number of nitrogens with zero attached hydrogens (tertiary/aromatic N) is 2. The van der Waals surface area contributed by atoms with Gasteiger partial charge in [0.2, 0.25) is 0 Å². The topological polar surface area (TPSA) is 40.2 Å². The zero-order valence-corrected chi connectivity index (χ0v) is 17.7. The van der Waals surface area contributed by atoms with Crippen LogP contribution in [0.3, 0.4) is 0 Å². The number of nitriles is 1. The van der Waals surface area contributed by atoms with Crippen molar-refractivity contribution in [1.82, 2.24) is 4.90 Å². The molecule has 1 fully saturated rings. The first-order valence-corrected chi connectivity index (χ1v) is 10.5. The monoisotopic (exact) mass is 384 g/mol. The number of aryl methyl sites for hydroxylation is 1. The maximum Gasteiger partial charge on any atom is 0.134 e.